The highest BCUT2D eigenvalue weighted by molar-refractivity contribution is 5.92. The topological polar surface area (TPSA) is 54.4 Å². The highest BCUT2D eigenvalue weighted by Crippen LogP contribution is 2.15. The summed E-state index contributed by atoms with van der Waals surface area (Å²) in [4.78, 5) is 20.6. The van der Waals surface area contributed by atoms with Crippen LogP contribution in [0.15, 0.2) is 23.3 Å². The van der Waals surface area contributed by atoms with E-state index in [9.17, 15) is 9.59 Å². The molecule has 0 saturated carbocycles. The first-order chi connectivity index (χ1) is 5.24. The molecule has 0 spiro atoms. The normalized spacial score (nSPS) is 16.7. The van der Waals surface area contributed by atoms with E-state index in [0.29, 0.717) is 24.7 Å². The number of hydrogen-bond acceptors (Lipinski definition) is 2. The number of allylic oxidation sites excluding steroid dienone is 2. The van der Waals surface area contributed by atoms with Gasteiger partial charge in [-0.1, -0.05) is 6.08 Å². The van der Waals surface area contributed by atoms with Crippen LogP contribution in [0.25, 0.3) is 0 Å². The second-order valence-electron chi connectivity index (χ2n) is 2.34. The maximum absolute atomic E-state index is 10.4. The van der Waals surface area contributed by atoms with Crippen LogP contribution in [0, 0.1) is 0 Å². The van der Waals surface area contributed by atoms with Gasteiger partial charge in [0.25, 0.3) is 0 Å². The van der Waals surface area contributed by atoms with Crippen molar-refractivity contribution in [1.29, 1.82) is 0 Å². The third-order valence-electron chi connectivity index (χ3n) is 1.54. The standard InChI is InChI=1S/C8H8O3/c9-5-6-2-1-3-7(4-6)8(10)11/h3-5H,1-2H2,(H,10,11). The number of carboxylic acids is 1. The average molecular weight is 152 g/mol. The van der Waals surface area contributed by atoms with Crippen molar-refractivity contribution < 1.29 is 14.7 Å². The molecule has 11 heavy (non-hydrogen) atoms. The zero-order chi connectivity index (χ0) is 8.27. The van der Waals surface area contributed by atoms with Crippen LogP contribution in [0.5, 0.6) is 0 Å². The summed E-state index contributed by atoms with van der Waals surface area (Å²) in [6.45, 7) is 0. The van der Waals surface area contributed by atoms with Gasteiger partial charge in [0.2, 0.25) is 0 Å². The molecule has 0 atom stereocenters. The Balaban J connectivity index is 2.84. The summed E-state index contributed by atoms with van der Waals surface area (Å²) in [6, 6.07) is 0. The summed E-state index contributed by atoms with van der Waals surface area (Å²) in [7, 11) is 0. The van der Waals surface area contributed by atoms with Crippen molar-refractivity contribution in [2.75, 3.05) is 0 Å². The smallest absolute Gasteiger partial charge is 0.335 e. The van der Waals surface area contributed by atoms with E-state index in [4.69, 9.17) is 5.11 Å². The maximum atomic E-state index is 10.4. The molecule has 1 aliphatic carbocycles. The van der Waals surface area contributed by atoms with E-state index in [1.54, 1.807) is 6.08 Å². The van der Waals surface area contributed by atoms with Crippen molar-refractivity contribution in [3.63, 3.8) is 0 Å². The molecule has 0 fully saturated rings. The van der Waals surface area contributed by atoms with E-state index in [1.807, 2.05) is 0 Å². The molecule has 0 aromatic carbocycles. The molecular weight excluding hydrogens is 144 g/mol. The van der Waals surface area contributed by atoms with Crippen LogP contribution in [0.4, 0.5) is 0 Å². The molecule has 0 aromatic heterocycles. The van der Waals surface area contributed by atoms with Crippen LogP contribution < -0.4 is 0 Å². The second-order valence-corrected chi connectivity index (χ2v) is 2.34. The van der Waals surface area contributed by atoms with E-state index in [-0.39, 0.29) is 5.57 Å². The Morgan fingerprint density at radius 3 is 2.91 bits per heavy atom. The largest absolute Gasteiger partial charge is 0.478 e. The van der Waals surface area contributed by atoms with E-state index >= 15 is 0 Å². The quantitative estimate of drug-likeness (QED) is 0.598. The molecule has 0 aromatic rings. The molecule has 0 amide bonds. The van der Waals surface area contributed by atoms with Crippen molar-refractivity contribution in [2.24, 2.45) is 0 Å². The highest BCUT2D eigenvalue weighted by atomic mass is 16.4. The Hall–Kier alpha value is -1.38. The Morgan fingerprint density at radius 2 is 2.36 bits per heavy atom. The monoisotopic (exact) mass is 152 g/mol. The molecule has 3 nitrogen and oxygen atoms in total. The number of aliphatic carboxylic acids is 1. The Morgan fingerprint density at radius 1 is 1.64 bits per heavy atom. The lowest BCUT2D eigenvalue weighted by molar-refractivity contribution is -0.132. The van der Waals surface area contributed by atoms with Crippen molar-refractivity contribution in [3.8, 4) is 0 Å². The van der Waals surface area contributed by atoms with Crippen LogP contribution in [-0.4, -0.2) is 17.4 Å². The van der Waals surface area contributed by atoms with E-state index < -0.39 is 5.97 Å². The number of carbonyl (C=O) groups is 2. The molecule has 58 valence electrons. The Kier molecular flexibility index (Phi) is 2.21. The molecule has 1 N–H and O–H groups in total. The van der Waals surface area contributed by atoms with Gasteiger partial charge in [0.15, 0.2) is 0 Å². The Bertz CT molecular complexity index is 248. The van der Waals surface area contributed by atoms with Crippen molar-refractivity contribution >= 4 is 12.3 Å². The predicted molar refractivity (Wildman–Crippen MR) is 39.1 cm³/mol. The summed E-state index contributed by atoms with van der Waals surface area (Å²) >= 11 is 0. The van der Waals surface area contributed by atoms with Gasteiger partial charge in [-0.05, 0) is 24.5 Å². The third kappa shape index (κ3) is 1.77. The number of carbonyl (C=O) groups excluding carboxylic acids is 1. The molecule has 1 rings (SSSR count). The lowest BCUT2D eigenvalue weighted by Crippen LogP contribution is -2.02. The molecule has 0 aliphatic heterocycles. The lowest BCUT2D eigenvalue weighted by Gasteiger charge is -2.04. The van der Waals surface area contributed by atoms with Crippen molar-refractivity contribution in [3.05, 3.63) is 23.3 Å². The maximum Gasteiger partial charge on any atom is 0.335 e. The van der Waals surface area contributed by atoms with Crippen LogP contribution in [0.1, 0.15) is 12.8 Å². The first-order valence-electron chi connectivity index (χ1n) is 3.33. The first-order valence-corrected chi connectivity index (χ1v) is 3.33. The summed E-state index contributed by atoms with van der Waals surface area (Å²) < 4.78 is 0. The number of aldehydes is 1. The minimum Gasteiger partial charge on any atom is -0.478 e. The van der Waals surface area contributed by atoms with Crippen LogP contribution in [0.2, 0.25) is 0 Å². The predicted octanol–water partition coefficient (Wildman–Crippen LogP) is 0.916. The lowest BCUT2D eigenvalue weighted by atomic mass is 10.0. The second kappa shape index (κ2) is 3.14. The molecular formula is C8H8O3. The number of carboxylic acid groups (broad SMARTS) is 1. The summed E-state index contributed by atoms with van der Waals surface area (Å²) in [5, 5.41) is 8.52. The van der Waals surface area contributed by atoms with E-state index in [0.717, 1.165) is 0 Å². The van der Waals surface area contributed by atoms with Gasteiger partial charge in [-0.3, -0.25) is 4.79 Å². The fourth-order valence-corrected chi connectivity index (χ4v) is 0.967. The minimum absolute atomic E-state index is 0.221. The SMILES string of the molecule is O=CC1=CC(C(=O)O)=CCC1. The summed E-state index contributed by atoms with van der Waals surface area (Å²) in [5.74, 6) is -0.968. The fourth-order valence-electron chi connectivity index (χ4n) is 0.967. The summed E-state index contributed by atoms with van der Waals surface area (Å²) in [6.07, 6.45) is 5.04. The highest BCUT2D eigenvalue weighted by Gasteiger charge is 2.09. The molecule has 0 saturated heterocycles. The number of rotatable bonds is 2. The van der Waals surface area contributed by atoms with E-state index in [1.165, 1.54) is 6.08 Å². The minimum atomic E-state index is -0.968. The van der Waals surface area contributed by atoms with Crippen LogP contribution >= 0.6 is 0 Å². The molecule has 3 heteroatoms. The van der Waals surface area contributed by atoms with E-state index in [2.05, 4.69) is 0 Å². The number of hydrogen-bond donors (Lipinski definition) is 1. The average Bonchev–Trinajstić information content (AvgIpc) is 2.05. The van der Waals surface area contributed by atoms with Crippen molar-refractivity contribution in [2.45, 2.75) is 12.8 Å². The van der Waals surface area contributed by atoms with Gasteiger partial charge < -0.3 is 5.11 Å². The van der Waals surface area contributed by atoms with Crippen LogP contribution in [-0.2, 0) is 9.59 Å². The van der Waals surface area contributed by atoms with Gasteiger partial charge in [-0.2, -0.15) is 0 Å². The van der Waals surface area contributed by atoms with Gasteiger partial charge in [-0.15, -0.1) is 0 Å². The Labute approximate surface area is 64.0 Å². The zero-order valence-corrected chi connectivity index (χ0v) is 5.91. The van der Waals surface area contributed by atoms with Gasteiger partial charge in [0.05, 0.1) is 5.57 Å². The van der Waals surface area contributed by atoms with Crippen molar-refractivity contribution in [1.82, 2.24) is 0 Å². The fraction of sp³-hybridized carbons (Fsp3) is 0.250. The third-order valence-corrected chi connectivity index (χ3v) is 1.54. The van der Waals surface area contributed by atoms with Gasteiger partial charge in [0, 0.05) is 0 Å². The van der Waals surface area contributed by atoms with Gasteiger partial charge >= 0.3 is 5.97 Å². The summed E-state index contributed by atoms with van der Waals surface area (Å²) in [5.41, 5.74) is 0.781. The molecule has 1 aliphatic rings. The zero-order valence-electron chi connectivity index (χ0n) is 5.91. The molecule has 0 unspecified atom stereocenters. The van der Waals surface area contributed by atoms with Gasteiger partial charge in [0.1, 0.15) is 6.29 Å². The van der Waals surface area contributed by atoms with Crippen LogP contribution in [0.3, 0.4) is 0 Å². The first kappa shape index (κ1) is 7.72. The molecule has 0 radical (unpaired) electrons. The van der Waals surface area contributed by atoms with Gasteiger partial charge in [-0.25, -0.2) is 4.79 Å². The molecule has 0 heterocycles. The molecule has 0 bridgehead atoms.